The second-order valence-corrected chi connectivity index (χ2v) is 9.49. The van der Waals surface area contributed by atoms with E-state index in [-0.39, 0.29) is 12.1 Å². The van der Waals surface area contributed by atoms with Gasteiger partial charge in [-0.2, -0.15) is 5.10 Å². The van der Waals surface area contributed by atoms with Gasteiger partial charge in [0.2, 0.25) is 0 Å². The lowest BCUT2D eigenvalue weighted by Crippen LogP contribution is -2.47. The quantitative estimate of drug-likeness (QED) is 0.297. The molecule has 3 heterocycles. The van der Waals surface area contributed by atoms with Crippen LogP contribution in [0.4, 0.5) is 20.2 Å². The van der Waals surface area contributed by atoms with Crippen molar-refractivity contribution in [2.45, 2.75) is 19.9 Å². The zero-order valence-electron chi connectivity index (χ0n) is 22.3. The number of nitrogens with one attached hydrogen (secondary N) is 2. The molecule has 0 radical (unpaired) electrons. The van der Waals surface area contributed by atoms with Gasteiger partial charge >= 0.3 is 5.97 Å². The second kappa shape index (κ2) is 12.7. The molecule has 5 rings (SSSR count). The summed E-state index contributed by atoms with van der Waals surface area (Å²) in [6, 6.07) is 10.9. The van der Waals surface area contributed by atoms with E-state index in [2.05, 4.69) is 39.4 Å². The minimum Gasteiger partial charge on any atom is -0.496 e. The number of carbonyl (C=O) groups is 1. The molecule has 1 aliphatic heterocycles. The molecule has 4 aromatic rings. The number of para-hydroxylation sites is 1. The average Bonchev–Trinajstić information content (AvgIpc) is 3.56. The van der Waals surface area contributed by atoms with Crippen molar-refractivity contribution in [3.63, 3.8) is 0 Å². The molecule has 0 spiro atoms. The van der Waals surface area contributed by atoms with Gasteiger partial charge in [-0.15, -0.1) is 0 Å². The molecule has 11 heteroatoms. The molecule has 0 unspecified atom stereocenters. The third-order valence-electron chi connectivity index (χ3n) is 6.72. The zero-order chi connectivity index (χ0) is 27.9. The van der Waals surface area contributed by atoms with E-state index in [4.69, 9.17) is 9.84 Å². The number of aromatic amines is 1. The highest BCUT2D eigenvalue weighted by Gasteiger charge is 2.22. The van der Waals surface area contributed by atoms with E-state index in [9.17, 15) is 13.6 Å². The molecule has 9 nitrogen and oxygen atoms in total. The van der Waals surface area contributed by atoms with Crippen LogP contribution in [0.5, 0.6) is 5.75 Å². The van der Waals surface area contributed by atoms with Gasteiger partial charge in [-0.1, -0.05) is 12.1 Å². The van der Waals surface area contributed by atoms with Gasteiger partial charge < -0.3 is 20.1 Å². The largest absolute Gasteiger partial charge is 0.496 e. The third-order valence-corrected chi connectivity index (χ3v) is 6.72. The zero-order valence-corrected chi connectivity index (χ0v) is 22.3. The van der Waals surface area contributed by atoms with Crippen LogP contribution >= 0.6 is 0 Å². The van der Waals surface area contributed by atoms with Gasteiger partial charge in [0, 0.05) is 68.6 Å². The maximum atomic E-state index is 12.5. The summed E-state index contributed by atoms with van der Waals surface area (Å²) < 4.78 is 32.1. The van der Waals surface area contributed by atoms with E-state index in [0.717, 1.165) is 47.7 Å². The summed E-state index contributed by atoms with van der Waals surface area (Å²) in [7, 11) is 3.49. The molecule has 3 N–H and O–H groups in total. The molecule has 2 aromatic heterocycles. The smallest absolute Gasteiger partial charge is 0.337 e. The van der Waals surface area contributed by atoms with Crippen molar-refractivity contribution in [1.29, 1.82) is 0 Å². The maximum Gasteiger partial charge on any atom is 0.337 e. The highest BCUT2D eigenvalue weighted by Crippen LogP contribution is 2.31. The van der Waals surface area contributed by atoms with E-state index in [0.29, 0.717) is 18.8 Å². The molecule has 1 aliphatic rings. The van der Waals surface area contributed by atoms with Crippen molar-refractivity contribution < 1.29 is 23.4 Å². The van der Waals surface area contributed by atoms with E-state index in [1.54, 1.807) is 55.5 Å². The first-order valence-electron chi connectivity index (χ1n) is 12.7. The van der Waals surface area contributed by atoms with Crippen LogP contribution in [0.15, 0.2) is 55.0 Å². The van der Waals surface area contributed by atoms with E-state index in [1.807, 2.05) is 11.1 Å². The van der Waals surface area contributed by atoms with Gasteiger partial charge in [0.15, 0.2) is 0 Å². The Kier molecular flexibility index (Phi) is 9.15. The minimum atomic E-state index is -2.25. The number of anilines is 2. The summed E-state index contributed by atoms with van der Waals surface area (Å²) in [6.45, 7) is 5.70. The monoisotopic (exact) mass is 540 g/mol. The number of methoxy groups -OCH3 is 1. The summed E-state index contributed by atoms with van der Waals surface area (Å²) in [5.41, 5.74) is 5.02. The van der Waals surface area contributed by atoms with Crippen LogP contribution in [0, 0.1) is 6.92 Å². The number of aryl methyl sites for hydroxylation is 2. The normalized spacial score (nSPS) is 14.3. The van der Waals surface area contributed by atoms with Crippen LogP contribution in [-0.4, -0.2) is 81.9 Å². The Bertz CT molecular complexity index is 1400. The fraction of sp³-hybridized carbons (Fsp3) is 0.357. The van der Waals surface area contributed by atoms with E-state index >= 15 is 0 Å². The van der Waals surface area contributed by atoms with Crippen molar-refractivity contribution >= 4 is 28.2 Å². The number of aromatic nitrogens is 3. The summed E-state index contributed by atoms with van der Waals surface area (Å²) in [4.78, 5) is 18.4. The molecular formula is C28H34F2N6O3. The Hall–Kier alpha value is -3.96. The lowest BCUT2D eigenvalue weighted by Gasteiger charge is -2.34. The van der Waals surface area contributed by atoms with Gasteiger partial charge in [-0.25, -0.2) is 13.6 Å². The number of piperazine rings is 1. The first-order chi connectivity index (χ1) is 18.7. The molecule has 0 amide bonds. The van der Waals surface area contributed by atoms with Gasteiger partial charge in [0.1, 0.15) is 5.75 Å². The van der Waals surface area contributed by atoms with Gasteiger partial charge in [0.25, 0.3) is 6.43 Å². The fourth-order valence-electron chi connectivity index (χ4n) is 4.75. The molecule has 0 aliphatic carbocycles. The van der Waals surface area contributed by atoms with Crippen LogP contribution in [-0.2, 0) is 13.6 Å². The summed E-state index contributed by atoms with van der Waals surface area (Å²) in [6.07, 6.45) is 3.11. The molecule has 0 bridgehead atoms. The predicted molar refractivity (Wildman–Crippen MR) is 147 cm³/mol. The number of carboxylic acids is 1. The van der Waals surface area contributed by atoms with Crippen molar-refractivity contribution in [2.75, 3.05) is 45.2 Å². The van der Waals surface area contributed by atoms with Crippen LogP contribution in [0.3, 0.4) is 0 Å². The molecule has 1 saturated heterocycles. The van der Waals surface area contributed by atoms with Crippen LogP contribution < -0.4 is 10.1 Å². The predicted octanol–water partition coefficient (Wildman–Crippen LogP) is 4.73. The van der Waals surface area contributed by atoms with Crippen molar-refractivity contribution in [2.24, 2.45) is 7.05 Å². The minimum absolute atomic E-state index is 0.121. The number of H-pyrrole nitrogens is 1. The summed E-state index contributed by atoms with van der Waals surface area (Å²) in [5.74, 6) is -0.0587. The first kappa shape index (κ1) is 28.1. The van der Waals surface area contributed by atoms with Gasteiger partial charge in [-0.3, -0.25) is 14.5 Å². The van der Waals surface area contributed by atoms with Crippen molar-refractivity contribution in [3.05, 3.63) is 71.7 Å². The molecule has 1 fully saturated rings. The van der Waals surface area contributed by atoms with Gasteiger partial charge in [0.05, 0.1) is 36.8 Å². The number of rotatable bonds is 8. The highest BCUT2D eigenvalue weighted by molar-refractivity contribution is 5.95. The molecule has 2 aromatic carbocycles. The Morgan fingerprint density at radius 3 is 2.54 bits per heavy atom. The molecule has 0 saturated carbocycles. The molecule has 0 atom stereocenters. The number of alkyl halides is 2. The average molecular weight is 541 g/mol. The number of benzene rings is 2. The van der Waals surface area contributed by atoms with E-state index < -0.39 is 12.4 Å². The Morgan fingerprint density at radius 1 is 1.18 bits per heavy atom. The maximum absolute atomic E-state index is 12.5. The Balaban J connectivity index is 0.000000193. The number of fused-ring (bicyclic) bond motifs is 1. The van der Waals surface area contributed by atoms with Crippen molar-refractivity contribution in [3.8, 4) is 5.75 Å². The number of hydrogen-bond donors (Lipinski definition) is 3. The molecule has 208 valence electrons. The standard InChI is InChI=1S/C17H23F2N3O.C11H11N3O2/c1-12-9-15(23-2)14(13-3-4-20-17(12)13)10-21-5-7-22(8-6-21)11-16(18)19;1-14-7-8(6-12-14)13-10-5-3-2-4-9(10)11(15)16/h3-4,9,16,20H,5-8,10-11H2,1-2H3;2-7,13H,1H3,(H,15,16). The fourth-order valence-corrected chi connectivity index (χ4v) is 4.75. The first-order valence-corrected chi connectivity index (χ1v) is 12.7. The number of carboxylic acid groups (broad SMARTS) is 1. The molecule has 39 heavy (non-hydrogen) atoms. The number of halogens is 2. The third kappa shape index (κ3) is 7.12. The second-order valence-electron chi connectivity index (χ2n) is 9.49. The topological polar surface area (TPSA) is 98.7 Å². The highest BCUT2D eigenvalue weighted by atomic mass is 19.3. The van der Waals surface area contributed by atoms with Crippen LogP contribution in [0.2, 0.25) is 0 Å². The van der Waals surface area contributed by atoms with Crippen molar-refractivity contribution in [1.82, 2.24) is 24.6 Å². The number of aromatic carboxylic acids is 1. The lowest BCUT2D eigenvalue weighted by molar-refractivity contribution is 0.0542. The van der Waals surface area contributed by atoms with Crippen LogP contribution in [0.25, 0.3) is 10.9 Å². The number of hydrogen-bond acceptors (Lipinski definition) is 6. The Labute approximate surface area is 226 Å². The van der Waals surface area contributed by atoms with E-state index in [1.165, 1.54) is 5.39 Å². The lowest BCUT2D eigenvalue weighted by atomic mass is 10.0. The van der Waals surface area contributed by atoms with Gasteiger partial charge in [-0.05, 0) is 36.8 Å². The number of nitrogens with zero attached hydrogens (tertiary/aromatic N) is 4. The Morgan fingerprint density at radius 2 is 1.90 bits per heavy atom. The number of ether oxygens (including phenoxy) is 1. The van der Waals surface area contributed by atoms with Crippen LogP contribution in [0.1, 0.15) is 21.5 Å². The summed E-state index contributed by atoms with van der Waals surface area (Å²) >= 11 is 0. The molecular weight excluding hydrogens is 506 g/mol. The SMILES string of the molecule is COc1cc(C)c2[nH]ccc2c1CN1CCN(CC(F)F)CC1.Cn1cc(Nc2ccccc2C(=O)O)cn1. The summed E-state index contributed by atoms with van der Waals surface area (Å²) in [5, 5.41) is 17.2.